The fourth-order valence-electron chi connectivity index (χ4n) is 18.0. The zero-order chi connectivity index (χ0) is 107. The molecular weight excluding hydrogens is 2190 g/mol. The molecule has 12 rings (SSSR count). The number of carbonyl (C=O) groups is 4. The summed E-state index contributed by atoms with van der Waals surface area (Å²) in [4.78, 5) is 66.5. The third kappa shape index (κ3) is 38.6. The molecule has 0 aliphatic carbocycles. The summed E-state index contributed by atoms with van der Waals surface area (Å²) in [6.07, 6.45) is 0. The van der Waals surface area contributed by atoms with E-state index in [0.717, 1.165) is 66.8 Å². The van der Waals surface area contributed by atoms with Gasteiger partial charge in [0.25, 0.3) is 0 Å². The van der Waals surface area contributed by atoms with E-state index >= 15 is 0 Å². The van der Waals surface area contributed by atoms with Crippen LogP contribution in [0.15, 0.2) is 165 Å². The molecule has 4 heterocycles. The second kappa shape index (κ2) is 61.3. The first kappa shape index (κ1) is 122. The van der Waals surface area contributed by atoms with Crippen molar-refractivity contribution in [1.29, 1.82) is 0 Å². The molecule has 36 nitrogen and oxygen atoms in total. The number of fused-ring (bicyclic) bond motifs is 4. The third-order valence-corrected chi connectivity index (χ3v) is 33.3. The summed E-state index contributed by atoms with van der Waals surface area (Å²) >= 11 is 52.2. The van der Waals surface area contributed by atoms with Crippen LogP contribution in [0.25, 0.3) is 0 Å². The predicted octanol–water partition coefficient (Wildman–Crippen LogP) is 10.2. The average Bonchev–Trinajstić information content (AvgIpc) is 0.781. The van der Waals surface area contributed by atoms with Crippen LogP contribution in [-0.2, 0) is 123 Å². The van der Waals surface area contributed by atoms with Gasteiger partial charge in [0, 0.05) is 182 Å². The summed E-state index contributed by atoms with van der Waals surface area (Å²) < 4.78 is 170. The van der Waals surface area contributed by atoms with Gasteiger partial charge in [0.1, 0.15) is 4.90 Å². The monoisotopic (exact) mass is 2320 g/mol. The molecule has 8 aromatic rings. The smallest absolute Gasteiger partial charge is 0.240 e. The van der Waals surface area contributed by atoms with Crippen LogP contribution in [0.3, 0.4) is 0 Å². The van der Waals surface area contributed by atoms with E-state index in [2.05, 4.69) is 59.8 Å². The first-order chi connectivity index (χ1) is 72.0. The van der Waals surface area contributed by atoms with Crippen LogP contribution in [-0.4, -0.2) is 366 Å². The van der Waals surface area contributed by atoms with E-state index in [-0.39, 0.29) is 262 Å². The van der Waals surface area contributed by atoms with Crippen molar-refractivity contribution in [3.8, 4) is 0 Å². The summed E-state index contributed by atoms with van der Waals surface area (Å²) in [5.74, 6) is -2.19. The average molecular weight is 2320 g/mol. The Hall–Kier alpha value is -6.72. The van der Waals surface area contributed by atoms with E-state index in [1.165, 1.54) is 18.2 Å². The highest BCUT2D eigenvalue weighted by atomic mass is 35.5. The maximum absolute atomic E-state index is 13.5. The van der Waals surface area contributed by atoms with E-state index in [1.54, 1.807) is 76.5 Å². The molecule has 0 fully saturated rings. The van der Waals surface area contributed by atoms with Crippen molar-refractivity contribution in [3.63, 3.8) is 0 Å². The van der Waals surface area contributed by atoms with E-state index in [4.69, 9.17) is 145 Å². The summed E-state index contributed by atoms with van der Waals surface area (Å²) in [5.41, 5.74) is 11.0. The zero-order valence-electron chi connectivity index (χ0n) is 84.3. The van der Waals surface area contributed by atoms with Crippen LogP contribution in [0.2, 0.25) is 40.2 Å². The van der Waals surface area contributed by atoms with Gasteiger partial charge in [0.2, 0.25) is 53.7 Å². The highest BCUT2D eigenvalue weighted by molar-refractivity contribution is 8.22. The molecule has 0 spiro atoms. The van der Waals surface area contributed by atoms with Crippen LogP contribution < -0.4 is 40.2 Å². The lowest BCUT2D eigenvalue weighted by Gasteiger charge is -2.34. The lowest BCUT2D eigenvalue weighted by Crippen LogP contribution is -2.45. The maximum Gasteiger partial charge on any atom is 0.240 e. The molecule has 150 heavy (non-hydrogen) atoms. The van der Waals surface area contributed by atoms with Crippen LogP contribution in [0.5, 0.6) is 0 Å². The van der Waals surface area contributed by atoms with Crippen molar-refractivity contribution in [2.45, 2.75) is 69.4 Å². The van der Waals surface area contributed by atoms with Gasteiger partial charge >= 0.3 is 0 Å². The molecule has 0 aromatic heterocycles. The molecule has 48 heteroatoms. The summed E-state index contributed by atoms with van der Waals surface area (Å²) in [5, 5.41) is 15.6. The topological polar surface area (TPSA) is 422 Å². The second-order valence-electron chi connectivity index (χ2n) is 36.7. The Labute approximate surface area is 920 Å². The Balaban J connectivity index is 0.564. The van der Waals surface area contributed by atoms with E-state index < -0.39 is 64.5 Å². The van der Waals surface area contributed by atoms with Gasteiger partial charge in [-0.3, -0.25) is 29.0 Å². The van der Waals surface area contributed by atoms with Gasteiger partial charge in [-0.2, -0.15) is 4.72 Å². The first-order valence-electron chi connectivity index (χ1n) is 49.3. The quantitative estimate of drug-likeness (QED) is 0.0126. The largest absolute Gasteiger partial charge is 0.378 e. The number of carbonyl (C=O) groups excluding carboxylic acids is 4. The summed E-state index contributed by atoms with van der Waals surface area (Å²) in [6.45, 7) is 7.64. The molecule has 824 valence electrons. The van der Waals surface area contributed by atoms with Gasteiger partial charge in [-0.15, -0.1) is 0 Å². The number of nitrogens with zero attached hydrogens (tertiary/aromatic N) is 6. The molecular formula is C102H135Cl8N14O22S4+. The highest BCUT2D eigenvalue weighted by Gasteiger charge is 2.35. The number of hydrogen-bond acceptors (Lipinski definition) is 28. The maximum atomic E-state index is 13.5. The van der Waals surface area contributed by atoms with Gasteiger partial charge in [-0.1, -0.05) is 141 Å². The van der Waals surface area contributed by atoms with Crippen LogP contribution in [0.1, 0.15) is 90.4 Å². The molecule has 0 saturated carbocycles. The lowest BCUT2D eigenvalue weighted by atomic mass is 9.85. The third-order valence-electron chi connectivity index (χ3n) is 25.2. The predicted molar refractivity (Wildman–Crippen MR) is 583 cm³/mol. The van der Waals surface area contributed by atoms with Gasteiger partial charge in [-0.25, -0.2) is 44.0 Å². The van der Waals surface area contributed by atoms with Gasteiger partial charge in [-0.05, 0) is 203 Å². The van der Waals surface area contributed by atoms with Crippen molar-refractivity contribution in [1.82, 2.24) is 69.6 Å². The van der Waals surface area contributed by atoms with Crippen LogP contribution in [0.4, 0.5) is 0 Å². The van der Waals surface area contributed by atoms with Crippen LogP contribution >= 0.6 is 104 Å². The zero-order valence-corrected chi connectivity index (χ0v) is 93.6. The van der Waals surface area contributed by atoms with Gasteiger partial charge in [0.05, 0.1) is 173 Å². The molecule has 0 bridgehead atoms. The standard InChI is InChI=1S/C102H134Cl8N14O22S4/c1-119-59-87(83-51-75(103)55-95(107)91(83)63-119)71-9-5-13-79(47-71)147(129,130)115-21-31-141-41-37-137-27-17-111-99(125)67-123(68-100(126)112-18-28-138-38-42-142-32-22-116-148(131,132)80-14-6-10-72(48-80)88-60-120(2)64-92-84(88)52-76(104)56-96(92)108)25-35-145-45-46-146-36-26-124(69-101(127)113-19-29-139-39-43-143-33-23-117-149(133,134)81-15-7-11-73(49-81)89-61-121(3)65-93-85(89)53-77(105)57-97(93)109)70-102(128)114-20-30-140-40-44-144-34-24-118-150(135,136)82-16-8-12-74(50-82)90-62-122(4)66-94-86(90)54-78(106)58-98(94)110/h5-16,47-58,87-90,115-118,129-130H,17-46,59-70H2,1-4H3,(H,111,125)(H,112,126)(H,113,127)(H,114,128)/p+1/t87-,88-,89-,90-/m0/s1. The second-order valence-corrected chi connectivity index (χ2v) is 47.3. The summed E-state index contributed by atoms with van der Waals surface area (Å²) in [7, 11) is -6.96. The van der Waals surface area contributed by atoms with Crippen LogP contribution in [0, 0.1) is 0 Å². The van der Waals surface area contributed by atoms with Gasteiger partial charge < -0.3 is 92.8 Å². The van der Waals surface area contributed by atoms with Crippen molar-refractivity contribution in [3.05, 3.63) is 253 Å². The molecule has 4 aliphatic heterocycles. The number of sulfonamides is 3. The van der Waals surface area contributed by atoms with E-state index in [1.807, 2.05) is 88.9 Å². The number of ether oxygens (including phenoxy) is 10. The molecule has 0 radical (unpaired) electrons. The molecule has 11 N–H and O–H groups in total. The first-order valence-corrected chi connectivity index (χ1v) is 58.4. The fraction of sp³-hybridized carbons (Fsp3) is 0.490. The Morgan fingerprint density at radius 1 is 0.307 bits per heavy atom. The number of likely N-dealkylation sites (N-methyl/N-ethyl adjacent to an activating group) is 4. The minimum Gasteiger partial charge on any atom is -0.378 e. The molecule has 4 amide bonds. The van der Waals surface area contributed by atoms with E-state index in [0.29, 0.717) is 97.4 Å². The molecule has 8 aromatic carbocycles. The van der Waals surface area contributed by atoms with E-state index in [9.17, 15) is 49.0 Å². The Morgan fingerprint density at radius 2 is 0.520 bits per heavy atom. The fourth-order valence-corrected chi connectivity index (χ4v) is 24.6. The lowest BCUT2D eigenvalue weighted by molar-refractivity contribution is -0.127. The molecule has 5 atom stereocenters. The SMILES string of the molecule is CN1Cc2c(Cl)cc(Cl)cc2[C@H](c2cccc(S(O)([OH2+])NCCOCCOCCNC(=O)CN(CCOCCOCCN(CC(=O)NCCOCCOCCNS(=O)(=O)c3cccc([C@@H]4CN(C)Cc5c(Cl)cc(Cl)cc54)c3)CC(=O)NCCOCCOCCNS(=O)(=O)c3cccc([C@@H]4CN(C)Cc5c(Cl)cc(Cl)cc54)c3)CC(=O)NCCOCCOCCNS(=O)(=O)c3cccc([C@@H]4CN(C)Cc5c(Cl)cc(Cl)cc54)c3)c2)C1. The number of nitrogens with one attached hydrogen (secondary N) is 8. The Morgan fingerprint density at radius 3 is 0.767 bits per heavy atom. The minimum atomic E-state index is -3.92. The summed E-state index contributed by atoms with van der Waals surface area (Å²) in [6, 6.07) is 42.2. The van der Waals surface area contributed by atoms with Crippen molar-refractivity contribution >= 4 is 157 Å². The van der Waals surface area contributed by atoms with Crippen molar-refractivity contribution < 1.29 is 101 Å². The number of benzene rings is 8. The Kier molecular flexibility index (Phi) is 49.8. The van der Waals surface area contributed by atoms with Crippen molar-refractivity contribution in [2.24, 2.45) is 0 Å². The molecule has 0 saturated heterocycles. The van der Waals surface area contributed by atoms with Gasteiger partial charge in [0.15, 0.2) is 0 Å². The Bertz CT molecular complexity index is 5970. The number of halogens is 8. The minimum absolute atomic E-state index is 0.00571. The number of hydrogen-bond donors (Lipinski definition) is 9. The van der Waals surface area contributed by atoms with Crippen molar-refractivity contribution in [2.75, 3.05) is 278 Å². The number of amides is 4. The molecule has 1 unspecified atom stereocenters. The molecule has 4 aliphatic rings. The number of rotatable bonds is 65. The highest BCUT2D eigenvalue weighted by Crippen LogP contribution is 2.48. The normalized spacial score (nSPS) is 16.9.